The second-order valence-electron chi connectivity index (χ2n) is 7.76. The van der Waals surface area contributed by atoms with E-state index in [4.69, 9.17) is 4.74 Å². The lowest BCUT2D eigenvalue weighted by molar-refractivity contribution is 0.0898. The van der Waals surface area contributed by atoms with Crippen molar-refractivity contribution in [3.8, 4) is 0 Å². The Balaban J connectivity index is 0.000000188. The SMILES string of the molecule is Brc1ccc2nc[nH]c2c1.C[Si](C)(C)CCOCn1cnc2cc(Br)ccc21. The van der Waals surface area contributed by atoms with Crippen LogP contribution in [0, 0.1) is 0 Å². The average Bonchev–Trinajstić information content (AvgIpc) is 3.24. The van der Waals surface area contributed by atoms with Gasteiger partial charge in [0.15, 0.2) is 0 Å². The Morgan fingerprint density at radius 1 is 1.00 bits per heavy atom. The number of H-pyrrole nitrogens is 1. The monoisotopic (exact) mass is 522 g/mol. The minimum absolute atomic E-state index is 0.586. The number of halogens is 2. The van der Waals surface area contributed by atoms with Crippen LogP contribution in [0.5, 0.6) is 0 Å². The molecule has 2 aromatic heterocycles. The lowest BCUT2D eigenvalue weighted by Crippen LogP contribution is -2.21. The normalized spacial score (nSPS) is 11.6. The van der Waals surface area contributed by atoms with Crippen molar-refractivity contribution in [2.24, 2.45) is 0 Å². The molecule has 0 fully saturated rings. The van der Waals surface area contributed by atoms with Gasteiger partial charge in [-0.05, 0) is 42.4 Å². The number of imidazole rings is 2. The fourth-order valence-electron chi connectivity index (χ4n) is 2.59. The van der Waals surface area contributed by atoms with Crippen molar-refractivity contribution in [2.45, 2.75) is 32.4 Å². The van der Waals surface area contributed by atoms with Crippen LogP contribution in [-0.4, -0.2) is 34.2 Å². The minimum Gasteiger partial charge on any atom is -0.361 e. The highest BCUT2D eigenvalue weighted by atomic mass is 79.9. The molecule has 4 rings (SSSR count). The molecule has 0 radical (unpaired) electrons. The molecule has 0 saturated carbocycles. The van der Waals surface area contributed by atoms with Crippen LogP contribution in [0.2, 0.25) is 25.7 Å². The molecule has 0 atom stereocenters. The third kappa shape index (κ3) is 6.01. The molecular formula is C20H24Br2N4OSi. The van der Waals surface area contributed by atoms with Crippen molar-refractivity contribution in [3.63, 3.8) is 0 Å². The van der Waals surface area contributed by atoms with Crippen LogP contribution < -0.4 is 0 Å². The molecule has 2 aromatic carbocycles. The summed E-state index contributed by atoms with van der Waals surface area (Å²) in [5, 5.41) is 0. The first-order valence-electron chi connectivity index (χ1n) is 9.09. The number of aromatic nitrogens is 4. The second kappa shape index (κ2) is 9.34. The first kappa shape index (κ1) is 21.2. The van der Waals surface area contributed by atoms with Gasteiger partial charge in [0.25, 0.3) is 0 Å². The lowest BCUT2D eigenvalue weighted by atomic mass is 10.3. The summed E-state index contributed by atoms with van der Waals surface area (Å²) in [7, 11) is -0.996. The Hall–Kier alpha value is -1.48. The number of rotatable bonds is 5. The third-order valence-electron chi connectivity index (χ3n) is 4.19. The summed E-state index contributed by atoms with van der Waals surface area (Å²) in [6.45, 7) is 8.51. The van der Waals surface area contributed by atoms with Crippen LogP contribution in [0.4, 0.5) is 0 Å². The molecule has 2 heterocycles. The van der Waals surface area contributed by atoms with E-state index in [9.17, 15) is 0 Å². The molecule has 4 aromatic rings. The van der Waals surface area contributed by atoms with Gasteiger partial charge in [-0.25, -0.2) is 9.97 Å². The molecule has 0 unspecified atom stereocenters. The van der Waals surface area contributed by atoms with Gasteiger partial charge in [0, 0.05) is 23.6 Å². The number of ether oxygens (including phenoxy) is 1. The van der Waals surface area contributed by atoms with E-state index in [0.717, 1.165) is 37.6 Å². The Morgan fingerprint density at radius 2 is 1.75 bits per heavy atom. The zero-order valence-electron chi connectivity index (χ0n) is 16.2. The zero-order chi connectivity index (χ0) is 20.1. The topological polar surface area (TPSA) is 55.7 Å². The maximum absolute atomic E-state index is 5.74. The predicted molar refractivity (Wildman–Crippen MR) is 125 cm³/mol. The molecule has 148 valence electrons. The maximum Gasteiger partial charge on any atom is 0.124 e. The van der Waals surface area contributed by atoms with Crippen molar-refractivity contribution < 1.29 is 4.74 Å². The number of hydrogen-bond donors (Lipinski definition) is 1. The van der Waals surface area contributed by atoms with Crippen LogP contribution in [-0.2, 0) is 11.5 Å². The van der Waals surface area contributed by atoms with E-state index in [2.05, 4.69) is 72.5 Å². The van der Waals surface area contributed by atoms with Gasteiger partial charge in [-0.3, -0.25) is 0 Å². The van der Waals surface area contributed by atoms with E-state index < -0.39 is 8.07 Å². The lowest BCUT2D eigenvalue weighted by Gasteiger charge is -2.15. The number of nitrogens with zero attached hydrogens (tertiary/aromatic N) is 3. The van der Waals surface area contributed by atoms with Crippen molar-refractivity contribution in [2.75, 3.05) is 6.61 Å². The molecule has 0 amide bonds. The molecule has 0 aliphatic carbocycles. The van der Waals surface area contributed by atoms with Gasteiger partial charge in [-0.1, -0.05) is 51.5 Å². The highest BCUT2D eigenvalue weighted by molar-refractivity contribution is 9.10. The van der Waals surface area contributed by atoms with Gasteiger partial charge in [0.2, 0.25) is 0 Å². The highest BCUT2D eigenvalue weighted by Crippen LogP contribution is 2.19. The van der Waals surface area contributed by atoms with Gasteiger partial charge < -0.3 is 14.3 Å². The molecule has 0 spiro atoms. The summed E-state index contributed by atoms with van der Waals surface area (Å²) in [5.74, 6) is 0. The summed E-state index contributed by atoms with van der Waals surface area (Å²) < 4.78 is 9.91. The van der Waals surface area contributed by atoms with Gasteiger partial charge in [0.05, 0.1) is 34.7 Å². The van der Waals surface area contributed by atoms with Crippen molar-refractivity contribution in [1.82, 2.24) is 19.5 Å². The summed E-state index contributed by atoms with van der Waals surface area (Å²) in [5.41, 5.74) is 4.18. The largest absolute Gasteiger partial charge is 0.361 e. The average molecular weight is 524 g/mol. The summed E-state index contributed by atoms with van der Waals surface area (Å²) in [6, 6.07) is 13.3. The van der Waals surface area contributed by atoms with Gasteiger partial charge in [-0.15, -0.1) is 0 Å². The zero-order valence-corrected chi connectivity index (χ0v) is 20.4. The molecule has 0 saturated heterocycles. The van der Waals surface area contributed by atoms with Crippen LogP contribution >= 0.6 is 31.9 Å². The molecule has 0 bridgehead atoms. The molecule has 0 aliphatic rings. The van der Waals surface area contributed by atoms with E-state index >= 15 is 0 Å². The van der Waals surface area contributed by atoms with Crippen LogP contribution in [0.1, 0.15) is 0 Å². The van der Waals surface area contributed by atoms with Gasteiger partial charge >= 0.3 is 0 Å². The Kier molecular flexibility index (Phi) is 7.08. The van der Waals surface area contributed by atoms with Crippen LogP contribution in [0.15, 0.2) is 58.0 Å². The quantitative estimate of drug-likeness (QED) is 0.242. The van der Waals surface area contributed by atoms with Crippen LogP contribution in [0.25, 0.3) is 22.1 Å². The summed E-state index contributed by atoms with van der Waals surface area (Å²) >= 11 is 6.82. The Bertz CT molecular complexity index is 1060. The van der Waals surface area contributed by atoms with Crippen molar-refractivity contribution >= 4 is 62.0 Å². The number of benzene rings is 2. The van der Waals surface area contributed by atoms with E-state index in [1.165, 1.54) is 6.04 Å². The van der Waals surface area contributed by atoms with Crippen LogP contribution in [0.3, 0.4) is 0 Å². The smallest absolute Gasteiger partial charge is 0.124 e. The molecule has 0 aliphatic heterocycles. The number of fused-ring (bicyclic) bond motifs is 2. The van der Waals surface area contributed by atoms with Crippen molar-refractivity contribution in [1.29, 1.82) is 0 Å². The first-order chi connectivity index (χ1) is 13.3. The van der Waals surface area contributed by atoms with E-state index in [0.29, 0.717) is 6.73 Å². The predicted octanol–water partition coefficient (Wildman–Crippen LogP) is 6.44. The second-order valence-corrected chi connectivity index (χ2v) is 15.2. The molecule has 1 N–H and O–H groups in total. The van der Waals surface area contributed by atoms with E-state index in [1.54, 1.807) is 6.33 Å². The molecule has 8 heteroatoms. The Morgan fingerprint density at radius 3 is 2.54 bits per heavy atom. The number of aromatic amines is 1. The maximum atomic E-state index is 5.74. The van der Waals surface area contributed by atoms with Crippen molar-refractivity contribution in [3.05, 3.63) is 58.0 Å². The summed E-state index contributed by atoms with van der Waals surface area (Å²) in [6.07, 6.45) is 3.53. The van der Waals surface area contributed by atoms with E-state index in [1.807, 2.05) is 41.2 Å². The molecular weight excluding hydrogens is 500 g/mol. The fourth-order valence-corrected chi connectivity index (χ4v) is 4.06. The number of nitrogens with one attached hydrogen (secondary N) is 1. The minimum atomic E-state index is -0.996. The van der Waals surface area contributed by atoms with Gasteiger partial charge in [0.1, 0.15) is 6.73 Å². The first-order valence-corrected chi connectivity index (χ1v) is 14.4. The Labute approximate surface area is 182 Å². The third-order valence-corrected chi connectivity index (χ3v) is 6.88. The standard InChI is InChI=1S/C13H19BrN2OSi.C7H5BrN2/c1-18(2,3)7-6-17-10-16-9-15-12-8-11(14)4-5-13(12)16;8-5-1-2-6-7(3-5)10-4-9-6/h4-5,8-9H,6-7,10H2,1-3H3;1-4H,(H,9,10). The molecule has 28 heavy (non-hydrogen) atoms. The molecule has 5 nitrogen and oxygen atoms in total. The number of hydrogen-bond acceptors (Lipinski definition) is 3. The highest BCUT2D eigenvalue weighted by Gasteiger charge is 2.12. The van der Waals surface area contributed by atoms with E-state index in [-0.39, 0.29) is 0 Å². The summed E-state index contributed by atoms with van der Waals surface area (Å²) in [4.78, 5) is 11.5. The fraction of sp³-hybridized carbons (Fsp3) is 0.300. The van der Waals surface area contributed by atoms with Gasteiger partial charge in [-0.2, -0.15) is 0 Å².